The van der Waals surface area contributed by atoms with Gasteiger partial charge in [-0.1, -0.05) is 42.0 Å². The van der Waals surface area contributed by atoms with Gasteiger partial charge in [0.05, 0.1) is 13.2 Å². The second kappa shape index (κ2) is 15.7. The van der Waals surface area contributed by atoms with Gasteiger partial charge in [0.25, 0.3) is 5.91 Å². The van der Waals surface area contributed by atoms with Crippen LogP contribution < -0.4 is 19.7 Å². The molecule has 4 aromatic carbocycles. The van der Waals surface area contributed by atoms with Gasteiger partial charge >= 0.3 is 0 Å². The SMILES string of the molecule is Cc1cccc([C@H]2COc3cc(O)ccc3[C@H]2c2ccc(OCCCCCN3CCN(c4ccc5c(c4)CN(C4CCC(=O)NC4=O)C5=O)CC3)c(F)c2)c1. The standard InChI is InChI=1S/C44H47FN4O6/c1-28-6-5-7-29(22-28)36-27-55-40-25-33(50)10-12-35(40)42(36)30-8-14-39(37(45)24-30)54-21-4-2-3-16-47-17-19-48(20-18-47)32-9-11-34-31(23-32)26-49(44(34)53)38-13-15-41(51)46-43(38)52/h5-12,14,22-25,36,38,42,50H,2-4,13,15-21,26-27H2,1H3,(H,46,51,52)/t36-,38?,42-/m1/s1. The molecule has 8 rings (SSSR count). The molecule has 1 unspecified atom stereocenters. The Morgan fingerprint density at radius 3 is 2.56 bits per heavy atom. The first-order chi connectivity index (χ1) is 26.7. The molecule has 0 spiro atoms. The van der Waals surface area contributed by atoms with Crippen molar-refractivity contribution in [1.29, 1.82) is 0 Å². The van der Waals surface area contributed by atoms with Crippen molar-refractivity contribution in [2.75, 3.05) is 50.8 Å². The number of phenolic OH excluding ortho intramolecular Hbond substituents is 1. The van der Waals surface area contributed by atoms with Gasteiger partial charge < -0.3 is 24.4 Å². The number of fused-ring (bicyclic) bond motifs is 2. The molecule has 2 fully saturated rings. The summed E-state index contributed by atoms with van der Waals surface area (Å²) < 4.78 is 27.6. The molecule has 55 heavy (non-hydrogen) atoms. The molecule has 4 aliphatic rings. The molecule has 10 nitrogen and oxygen atoms in total. The number of aromatic hydroxyl groups is 1. The van der Waals surface area contributed by atoms with Crippen LogP contribution in [0.25, 0.3) is 0 Å². The molecule has 4 aromatic rings. The third-order valence-corrected chi connectivity index (χ3v) is 11.6. The molecule has 0 saturated carbocycles. The number of piperazine rings is 1. The lowest BCUT2D eigenvalue weighted by Gasteiger charge is -2.36. The predicted molar refractivity (Wildman–Crippen MR) is 206 cm³/mol. The van der Waals surface area contributed by atoms with E-state index in [1.807, 2.05) is 30.3 Å². The smallest absolute Gasteiger partial charge is 0.255 e. The number of hydrogen-bond acceptors (Lipinski definition) is 8. The van der Waals surface area contributed by atoms with E-state index in [1.165, 1.54) is 0 Å². The highest BCUT2D eigenvalue weighted by molar-refractivity contribution is 6.05. The van der Waals surface area contributed by atoms with Crippen LogP contribution >= 0.6 is 0 Å². The molecule has 2 saturated heterocycles. The number of phenols is 1. The molecule has 4 heterocycles. The Morgan fingerprint density at radius 2 is 1.76 bits per heavy atom. The molecule has 3 atom stereocenters. The van der Waals surface area contributed by atoms with Crippen LogP contribution in [-0.4, -0.2) is 84.6 Å². The Morgan fingerprint density at radius 1 is 0.909 bits per heavy atom. The second-order valence-corrected chi connectivity index (χ2v) is 15.2. The summed E-state index contributed by atoms with van der Waals surface area (Å²) in [6.07, 6.45) is 3.44. The van der Waals surface area contributed by atoms with E-state index in [9.17, 15) is 19.5 Å². The molecular weight excluding hydrogens is 700 g/mol. The van der Waals surface area contributed by atoms with Crippen LogP contribution in [0.5, 0.6) is 17.2 Å². The zero-order chi connectivity index (χ0) is 38.1. The number of aryl methyl sites for hydroxylation is 1. The van der Waals surface area contributed by atoms with Crippen LogP contribution in [0.2, 0.25) is 0 Å². The summed E-state index contributed by atoms with van der Waals surface area (Å²) >= 11 is 0. The van der Waals surface area contributed by atoms with Crippen molar-refractivity contribution in [3.05, 3.63) is 118 Å². The summed E-state index contributed by atoms with van der Waals surface area (Å²) in [5.41, 5.74) is 6.68. The highest BCUT2D eigenvalue weighted by atomic mass is 19.1. The summed E-state index contributed by atoms with van der Waals surface area (Å²) in [6, 6.07) is 24.1. The van der Waals surface area contributed by atoms with Crippen molar-refractivity contribution >= 4 is 23.4 Å². The average Bonchev–Trinajstić information content (AvgIpc) is 3.51. The molecule has 0 aliphatic carbocycles. The number of ether oxygens (including phenoxy) is 2. The Hall–Kier alpha value is -5.42. The van der Waals surface area contributed by atoms with Gasteiger partial charge in [0.15, 0.2) is 11.6 Å². The summed E-state index contributed by atoms with van der Waals surface area (Å²) in [6.45, 7) is 7.94. The number of nitrogens with one attached hydrogen (secondary N) is 1. The number of halogens is 1. The molecule has 3 amide bonds. The van der Waals surface area contributed by atoms with Gasteiger partial charge in [-0.05, 0) is 92.2 Å². The quantitative estimate of drug-likeness (QED) is 0.136. The Kier molecular flexibility index (Phi) is 10.5. The van der Waals surface area contributed by atoms with Crippen LogP contribution in [0.3, 0.4) is 0 Å². The summed E-state index contributed by atoms with van der Waals surface area (Å²) in [7, 11) is 0. The lowest BCUT2D eigenvalue weighted by Crippen LogP contribution is -2.52. The number of benzene rings is 4. The maximum absolute atomic E-state index is 15.6. The van der Waals surface area contributed by atoms with E-state index in [0.717, 1.165) is 85.5 Å². The van der Waals surface area contributed by atoms with Crippen molar-refractivity contribution in [3.8, 4) is 17.2 Å². The van der Waals surface area contributed by atoms with Crippen molar-refractivity contribution in [1.82, 2.24) is 15.1 Å². The molecular formula is C44H47FN4O6. The summed E-state index contributed by atoms with van der Waals surface area (Å²) in [5.74, 6) is -0.362. The van der Waals surface area contributed by atoms with E-state index in [2.05, 4.69) is 46.3 Å². The first-order valence-corrected chi connectivity index (χ1v) is 19.4. The molecule has 0 bridgehead atoms. The molecule has 286 valence electrons. The Bertz CT molecular complexity index is 2100. The lowest BCUT2D eigenvalue weighted by atomic mass is 9.75. The van der Waals surface area contributed by atoms with Crippen molar-refractivity contribution in [2.45, 2.75) is 63.5 Å². The maximum Gasteiger partial charge on any atom is 0.255 e. The molecule has 0 radical (unpaired) electrons. The van der Waals surface area contributed by atoms with E-state index in [4.69, 9.17) is 9.47 Å². The fourth-order valence-corrected chi connectivity index (χ4v) is 8.61. The number of anilines is 1. The third kappa shape index (κ3) is 7.76. The van der Waals surface area contributed by atoms with E-state index >= 15 is 4.39 Å². The Balaban J connectivity index is 0.794. The van der Waals surface area contributed by atoms with Crippen LogP contribution in [0.1, 0.15) is 82.1 Å². The van der Waals surface area contributed by atoms with Crippen LogP contribution in [-0.2, 0) is 16.1 Å². The van der Waals surface area contributed by atoms with Gasteiger partial charge in [-0.25, -0.2) is 4.39 Å². The van der Waals surface area contributed by atoms with Crippen molar-refractivity contribution in [2.24, 2.45) is 0 Å². The Labute approximate surface area is 320 Å². The fraction of sp³-hybridized carbons (Fsp3) is 0.386. The number of rotatable bonds is 11. The van der Waals surface area contributed by atoms with Gasteiger partial charge in [-0.3, -0.25) is 24.6 Å². The zero-order valence-corrected chi connectivity index (χ0v) is 31.1. The summed E-state index contributed by atoms with van der Waals surface area (Å²) in [4.78, 5) is 43.5. The van der Waals surface area contributed by atoms with Gasteiger partial charge in [-0.2, -0.15) is 0 Å². The van der Waals surface area contributed by atoms with Gasteiger partial charge in [0, 0.05) is 73.9 Å². The minimum atomic E-state index is -0.609. The molecule has 11 heteroatoms. The van der Waals surface area contributed by atoms with Gasteiger partial charge in [-0.15, -0.1) is 0 Å². The van der Waals surface area contributed by atoms with Gasteiger partial charge in [0.2, 0.25) is 11.8 Å². The van der Waals surface area contributed by atoms with E-state index in [-0.39, 0.29) is 47.4 Å². The predicted octanol–water partition coefficient (Wildman–Crippen LogP) is 6.28. The number of unbranched alkanes of at least 4 members (excludes halogenated alkanes) is 2. The zero-order valence-electron chi connectivity index (χ0n) is 31.1. The number of amides is 3. The largest absolute Gasteiger partial charge is 0.508 e. The number of imide groups is 1. The normalized spacial score (nSPS) is 21.2. The first-order valence-electron chi connectivity index (χ1n) is 19.4. The monoisotopic (exact) mass is 746 g/mol. The molecule has 4 aliphatic heterocycles. The van der Waals surface area contributed by atoms with Crippen LogP contribution in [0.15, 0.2) is 78.9 Å². The van der Waals surface area contributed by atoms with E-state index in [0.29, 0.717) is 37.5 Å². The highest BCUT2D eigenvalue weighted by Gasteiger charge is 2.39. The molecule has 0 aromatic heterocycles. The van der Waals surface area contributed by atoms with E-state index < -0.39 is 11.9 Å². The van der Waals surface area contributed by atoms with Gasteiger partial charge in [0.1, 0.15) is 17.5 Å². The molecule has 2 N–H and O–H groups in total. The third-order valence-electron chi connectivity index (χ3n) is 11.6. The number of hydrogen-bond donors (Lipinski definition) is 2. The minimum absolute atomic E-state index is 0.0167. The average molecular weight is 747 g/mol. The number of piperidine rings is 1. The number of carbonyl (C=O) groups is 3. The van der Waals surface area contributed by atoms with Crippen LogP contribution in [0.4, 0.5) is 10.1 Å². The fourth-order valence-electron chi connectivity index (χ4n) is 8.61. The lowest BCUT2D eigenvalue weighted by molar-refractivity contribution is -0.136. The maximum atomic E-state index is 15.6. The number of carbonyl (C=O) groups excluding carboxylic acids is 3. The summed E-state index contributed by atoms with van der Waals surface area (Å²) in [5, 5.41) is 12.5. The van der Waals surface area contributed by atoms with Crippen molar-refractivity contribution in [3.63, 3.8) is 0 Å². The second-order valence-electron chi connectivity index (χ2n) is 15.2. The first kappa shape index (κ1) is 36.6. The topological polar surface area (TPSA) is 112 Å². The number of nitrogens with zero attached hydrogens (tertiary/aromatic N) is 3. The van der Waals surface area contributed by atoms with E-state index in [1.54, 1.807) is 29.2 Å². The van der Waals surface area contributed by atoms with Crippen LogP contribution in [0, 0.1) is 12.7 Å². The highest BCUT2D eigenvalue weighted by Crippen LogP contribution is 2.47. The van der Waals surface area contributed by atoms with Crippen molar-refractivity contribution < 1.29 is 33.4 Å². The minimum Gasteiger partial charge on any atom is -0.508 e.